The van der Waals surface area contributed by atoms with Crippen molar-refractivity contribution in [2.75, 3.05) is 0 Å². The maximum Gasteiger partial charge on any atom is 0.238 e. The molecule has 0 radical (unpaired) electrons. The maximum atomic E-state index is 5.32. The Kier molecular flexibility index (Phi) is 7.61. The lowest BCUT2D eigenvalue weighted by Crippen LogP contribution is -2.07. The van der Waals surface area contributed by atoms with Gasteiger partial charge in [0.1, 0.15) is 0 Å². The number of thiazole rings is 1. The monoisotopic (exact) mass is 772 g/mol. The lowest BCUT2D eigenvalue weighted by molar-refractivity contribution is 0.952. The number of hydrogen-bond acceptors (Lipinski definition) is 5. The van der Waals surface area contributed by atoms with Crippen LogP contribution >= 0.6 is 11.3 Å². The second-order valence-corrected chi connectivity index (χ2v) is 15.7. The van der Waals surface area contributed by atoms with Crippen LogP contribution in [0.1, 0.15) is 0 Å². The molecule has 59 heavy (non-hydrogen) atoms. The fraction of sp³-hybridized carbons (Fsp3) is 0. The maximum absolute atomic E-state index is 5.32. The SMILES string of the molecule is c1ccc(-c2cc(-c3ccccc3)cc(-n3c4ccccc4c4ccc5c6ccccc6n(-c6nc(-c7ccccc7)nc(-c7nc8ccccc8s7)n6)c5c43)c2)cc1. The van der Waals surface area contributed by atoms with Crippen molar-refractivity contribution in [1.29, 1.82) is 0 Å². The van der Waals surface area contributed by atoms with Gasteiger partial charge in [-0.3, -0.25) is 4.57 Å². The van der Waals surface area contributed by atoms with E-state index in [4.69, 9.17) is 19.9 Å². The zero-order valence-electron chi connectivity index (χ0n) is 31.6. The summed E-state index contributed by atoms with van der Waals surface area (Å²) in [5.74, 6) is 1.66. The van der Waals surface area contributed by atoms with Gasteiger partial charge in [-0.1, -0.05) is 152 Å². The Morgan fingerprint density at radius 1 is 0.356 bits per heavy atom. The minimum atomic E-state index is 0.534. The molecule has 0 saturated heterocycles. The predicted octanol–water partition coefficient (Wildman–Crippen LogP) is 13.3. The van der Waals surface area contributed by atoms with Gasteiger partial charge in [0, 0.05) is 32.8 Å². The summed E-state index contributed by atoms with van der Waals surface area (Å²) in [6.45, 7) is 0. The van der Waals surface area contributed by atoms with Crippen LogP contribution in [0, 0.1) is 0 Å². The number of hydrogen-bond donors (Lipinski definition) is 0. The summed E-state index contributed by atoms with van der Waals surface area (Å²) < 4.78 is 5.77. The van der Waals surface area contributed by atoms with Gasteiger partial charge in [0.2, 0.25) is 5.95 Å². The third-order valence-corrected chi connectivity index (χ3v) is 12.2. The highest BCUT2D eigenvalue weighted by molar-refractivity contribution is 7.21. The predicted molar refractivity (Wildman–Crippen MR) is 243 cm³/mol. The quantitative estimate of drug-likeness (QED) is 0.169. The summed E-state index contributed by atoms with van der Waals surface area (Å²) in [6.07, 6.45) is 0. The zero-order valence-corrected chi connectivity index (χ0v) is 32.4. The molecule has 12 aromatic rings. The summed E-state index contributed by atoms with van der Waals surface area (Å²) >= 11 is 1.59. The van der Waals surface area contributed by atoms with Crippen LogP contribution in [0.5, 0.6) is 0 Å². The summed E-state index contributed by atoms with van der Waals surface area (Å²) in [6, 6.07) is 68.4. The van der Waals surface area contributed by atoms with Crippen molar-refractivity contribution in [3.63, 3.8) is 0 Å². The van der Waals surface area contributed by atoms with E-state index in [1.165, 1.54) is 5.39 Å². The van der Waals surface area contributed by atoms with Crippen molar-refractivity contribution < 1.29 is 0 Å². The zero-order chi connectivity index (χ0) is 38.9. The Morgan fingerprint density at radius 2 is 0.864 bits per heavy atom. The van der Waals surface area contributed by atoms with E-state index in [9.17, 15) is 0 Å². The normalized spacial score (nSPS) is 11.7. The van der Waals surface area contributed by atoms with Crippen molar-refractivity contribution in [3.05, 3.63) is 194 Å². The highest BCUT2D eigenvalue weighted by atomic mass is 32.1. The fourth-order valence-corrected chi connectivity index (χ4v) is 9.46. The minimum Gasteiger partial charge on any atom is -0.307 e. The van der Waals surface area contributed by atoms with Gasteiger partial charge in [0.05, 0.1) is 32.3 Å². The Bertz CT molecular complexity index is 3460. The molecular weight excluding hydrogens is 741 g/mol. The van der Waals surface area contributed by atoms with Crippen molar-refractivity contribution >= 4 is 65.2 Å². The first-order chi connectivity index (χ1) is 29.2. The van der Waals surface area contributed by atoms with E-state index in [1.807, 2.05) is 48.5 Å². The lowest BCUT2D eigenvalue weighted by Gasteiger charge is -2.15. The molecule has 0 unspecified atom stereocenters. The summed E-state index contributed by atoms with van der Waals surface area (Å²) in [5.41, 5.74) is 11.7. The average Bonchev–Trinajstić information content (AvgIpc) is 4.00. The van der Waals surface area contributed by atoms with Crippen molar-refractivity contribution in [2.45, 2.75) is 0 Å². The molecule has 0 atom stereocenters. The molecule has 0 aliphatic heterocycles. The Hall–Kier alpha value is -7.74. The van der Waals surface area contributed by atoms with E-state index in [1.54, 1.807) is 11.3 Å². The van der Waals surface area contributed by atoms with Crippen LogP contribution in [-0.2, 0) is 0 Å². The molecule has 0 N–H and O–H groups in total. The molecule has 6 nitrogen and oxygen atoms in total. The van der Waals surface area contributed by atoms with Crippen molar-refractivity contribution in [3.8, 4) is 56.1 Å². The number of para-hydroxylation sites is 3. The second kappa shape index (κ2) is 13.4. The summed E-state index contributed by atoms with van der Waals surface area (Å²) in [5, 5.41) is 5.30. The molecule has 0 fully saturated rings. The number of fused-ring (bicyclic) bond motifs is 8. The number of benzene rings is 8. The van der Waals surface area contributed by atoms with E-state index >= 15 is 0 Å². The molecule has 8 aromatic carbocycles. The minimum absolute atomic E-state index is 0.534. The first-order valence-electron chi connectivity index (χ1n) is 19.6. The molecule has 4 aromatic heterocycles. The van der Waals surface area contributed by atoms with Gasteiger partial charge in [-0.05, 0) is 64.7 Å². The largest absolute Gasteiger partial charge is 0.307 e. The topological polar surface area (TPSA) is 61.4 Å². The smallest absolute Gasteiger partial charge is 0.238 e. The molecule has 0 aliphatic rings. The molecule has 0 aliphatic carbocycles. The molecule has 0 spiro atoms. The highest BCUT2D eigenvalue weighted by Gasteiger charge is 2.24. The van der Waals surface area contributed by atoms with Gasteiger partial charge in [-0.2, -0.15) is 9.97 Å². The van der Waals surface area contributed by atoms with Gasteiger partial charge in [-0.25, -0.2) is 9.97 Å². The Labute approximate surface area is 343 Å². The molecule has 12 rings (SSSR count). The van der Waals surface area contributed by atoms with Crippen LogP contribution in [0.15, 0.2) is 194 Å². The second-order valence-electron chi connectivity index (χ2n) is 14.7. The third-order valence-electron chi connectivity index (χ3n) is 11.2. The van der Waals surface area contributed by atoms with E-state index in [0.29, 0.717) is 17.6 Å². The first kappa shape index (κ1) is 33.4. The number of aromatic nitrogens is 6. The molecule has 0 amide bonds. The van der Waals surface area contributed by atoms with Gasteiger partial charge < -0.3 is 4.57 Å². The van der Waals surface area contributed by atoms with Crippen LogP contribution in [-0.4, -0.2) is 29.1 Å². The molecule has 276 valence electrons. The third kappa shape index (κ3) is 5.47. The standard InChI is InChI=1S/C52H32N6S/c1-4-16-33(17-5-1)36-30-37(34-18-6-2-7-19-34)32-38(31-36)57-44-25-13-10-22-39(44)41-28-29-42-40-23-11-14-26-45(40)58(48(42)47(41)57)52-55-49(35-20-8-3-9-21-35)54-50(56-52)51-53-43-24-12-15-27-46(43)59-51/h1-32H. The average molecular weight is 773 g/mol. The van der Waals surface area contributed by atoms with Crippen LogP contribution in [0.2, 0.25) is 0 Å². The number of nitrogens with zero attached hydrogens (tertiary/aromatic N) is 6. The lowest BCUT2D eigenvalue weighted by atomic mass is 9.98. The van der Waals surface area contributed by atoms with Gasteiger partial charge in [0.15, 0.2) is 16.7 Å². The molecule has 0 saturated carbocycles. The molecule has 0 bridgehead atoms. The van der Waals surface area contributed by atoms with Crippen LogP contribution in [0.3, 0.4) is 0 Å². The van der Waals surface area contributed by atoms with Gasteiger partial charge >= 0.3 is 0 Å². The molecular formula is C52H32N6S. The summed E-state index contributed by atoms with van der Waals surface area (Å²) in [7, 11) is 0. The number of rotatable bonds is 6. The van der Waals surface area contributed by atoms with Crippen LogP contribution in [0.4, 0.5) is 0 Å². The highest BCUT2D eigenvalue weighted by Crippen LogP contribution is 2.43. The molecule has 4 heterocycles. The summed E-state index contributed by atoms with van der Waals surface area (Å²) in [4.78, 5) is 20.7. The van der Waals surface area contributed by atoms with Gasteiger partial charge in [0.25, 0.3) is 0 Å². The Balaban J connectivity index is 1.22. The fourth-order valence-electron chi connectivity index (χ4n) is 8.56. The van der Waals surface area contributed by atoms with Crippen molar-refractivity contribution in [1.82, 2.24) is 29.1 Å². The van der Waals surface area contributed by atoms with Crippen LogP contribution in [0.25, 0.3) is 110 Å². The van der Waals surface area contributed by atoms with Crippen LogP contribution < -0.4 is 0 Å². The van der Waals surface area contributed by atoms with E-state index in [0.717, 1.165) is 87.0 Å². The van der Waals surface area contributed by atoms with E-state index in [-0.39, 0.29) is 0 Å². The molecule has 7 heteroatoms. The first-order valence-corrected chi connectivity index (χ1v) is 20.5. The van der Waals surface area contributed by atoms with E-state index < -0.39 is 0 Å². The van der Waals surface area contributed by atoms with Crippen molar-refractivity contribution in [2.24, 2.45) is 0 Å². The Morgan fingerprint density at radius 3 is 1.49 bits per heavy atom. The van der Waals surface area contributed by atoms with Gasteiger partial charge in [-0.15, -0.1) is 11.3 Å². The van der Waals surface area contributed by atoms with E-state index in [2.05, 4.69) is 155 Å².